The molecule has 0 bridgehead atoms. The Labute approximate surface area is 125 Å². The van der Waals surface area contributed by atoms with E-state index in [2.05, 4.69) is 40.4 Å². The molecule has 0 saturated carbocycles. The summed E-state index contributed by atoms with van der Waals surface area (Å²) in [5, 5.41) is 3.58. The lowest BCUT2D eigenvalue weighted by Gasteiger charge is -2.16. The first-order valence-electron chi connectivity index (χ1n) is 7.84. The highest BCUT2D eigenvalue weighted by molar-refractivity contribution is 5.39. The van der Waals surface area contributed by atoms with Gasteiger partial charge in [0.15, 0.2) is 0 Å². The van der Waals surface area contributed by atoms with Crippen LogP contribution in [0.4, 0.5) is 0 Å². The molecule has 0 fully saturated rings. The number of hydrogen-bond acceptors (Lipinski definition) is 3. The minimum absolute atomic E-state index is 0.296. The van der Waals surface area contributed by atoms with Crippen LogP contribution in [0.3, 0.4) is 0 Å². The van der Waals surface area contributed by atoms with E-state index in [1.807, 2.05) is 12.4 Å². The second-order valence-corrected chi connectivity index (χ2v) is 5.56. The van der Waals surface area contributed by atoms with Crippen LogP contribution in [0.2, 0.25) is 0 Å². The number of hydrogen-bond donors (Lipinski definition) is 2. The Morgan fingerprint density at radius 3 is 3.19 bits per heavy atom. The van der Waals surface area contributed by atoms with Gasteiger partial charge in [-0.1, -0.05) is 19.1 Å². The molecule has 2 aromatic rings. The summed E-state index contributed by atoms with van der Waals surface area (Å²) in [5.74, 6) is 2.10. The van der Waals surface area contributed by atoms with Crippen LogP contribution < -0.4 is 10.1 Å². The lowest BCUT2D eigenvalue weighted by molar-refractivity contribution is 0.357. The predicted octanol–water partition coefficient (Wildman–Crippen LogP) is 3.02. The summed E-state index contributed by atoms with van der Waals surface area (Å²) in [6.45, 7) is 4.03. The van der Waals surface area contributed by atoms with Crippen molar-refractivity contribution in [2.24, 2.45) is 0 Å². The minimum atomic E-state index is 0.296. The number of nitrogens with zero attached hydrogens (tertiary/aromatic N) is 1. The van der Waals surface area contributed by atoms with Crippen molar-refractivity contribution in [1.29, 1.82) is 0 Å². The van der Waals surface area contributed by atoms with E-state index in [-0.39, 0.29) is 0 Å². The number of aromatic amines is 1. The molecular formula is C17H23N3O. The van der Waals surface area contributed by atoms with E-state index in [9.17, 15) is 0 Å². The van der Waals surface area contributed by atoms with Crippen LogP contribution >= 0.6 is 0 Å². The van der Waals surface area contributed by atoms with Crippen LogP contribution in [0.1, 0.15) is 42.8 Å². The summed E-state index contributed by atoms with van der Waals surface area (Å²) < 4.78 is 5.56. The van der Waals surface area contributed by atoms with Crippen molar-refractivity contribution in [3.63, 3.8) is 0 Å². The molecule has 0 spiro atoms. The number of ether oxygens (including phenoxy) is 1. The van der Waals surface area contributed by atoms with E-state index in [1.165, 1.54) is 11.1 Å². The molecule has 112 valence electrons. The zero-order chi connectivity index (χ0) is 14.5. The number of fused-ring (bicyclic) bond motifs is 1. The van der Waals surface area contributed by atoms with Crippen molar-refractivity contribution < 1.29 is 4.74 Å². The third kappa shape index (κ3) is 3.45. The van der Waals surface area contributed by atoms with Crippen molar-refractivity contribution in [3.8, 4) is 5.75 Å². The van der Waals surface area contributed by atoms with E-state index in [4.69, 9.17) is 4.74 Å². The average Bonchev–Trinajstić information content (AvgIpc) is 3.18. The number of H-pyrrole nitrogens is 1. The summed E-state index contributed by atoms with van der Waals surface area (Å²) in [5.41, 5.74) is 2.73. The van der Waals surface area contributed by atoms with Gasteiger partial charge in [0, 0.05) is 18.8 Å². The summed E-state index contributed by atoms with van der Waals surface area (Å²) in [6, 6.07) is 6.88. The largest absolute Gasteiger partial charge is 0.493 e. The van der Waals surface area contributed by atoms with Gasteiger partial charge in [-0.2, -0.15) is 0 Å². The van der Waals surface area contributed by atoms with Gasteiger partial charge < -0.3 is 15.0 Å². The standard InChI is InChI=1S/C17H23N3O/c1-2-8-18-15(17-19-9-10-20-17)5-3-13-4-6-16-14(12-13)7-11-21-16/h4,6,9-10,12,15,18H,2-3,5,7-8,11H2,1H3,(H,19,20). The highest BCUT2D eigenvalue weighted by atomic mass is 16.5. The van der Waals surface area contributed by atoms with Gasteiger partial charge in [-0.15, -0.1) is 0 Å². The highest BCUT2D eigenvalue weighted by Crippen LogP contribution is 2.27. The fraction of sp³-hybridized carbons (Fsp3) is 0.471. The molecule has 1 aromatic carbocycles. The maximum absolute atomic E-state index is 5.56. The lowest BCUT2D eigenvalue weighted by Crippen LogP contribution is -2.23. The van der Waals surface area contributed by atoms with Crippen LogP contribution in [-0.2, 0) is 12.8 Å². The average molecular weight is 285 g/mol. The van der Waals surface area contributed by atoms with Gasteiger partial charge in [0.2, 0.25) is 0 Å². The molecule has 0 amide bonds. The highest BCUT2D eigenvalue weighted by Gasteiger charge is 2.15. The molecule has 21 heavy (non-hydrogen) atoms. The van der Waals surface area contributed by atoms with Gasteiger partial charge in [0.25, 0.3) is 0 Å². The summed E-state index contributed by atoms with van der Waals surface area (Å²) in [4.78, 5) is 7.63. The van der Waals surface area contributed by atoms with E-state index in [0.29, 0.717) is 6.04 Å². The number of imidazole rings is 1. The van der Waals surface area contributed by atoms with Crippen LogP contribution in [0.25, 0.3) is 0 Å². The SMILES string of the molecule is CCCNC(CCc1ccc2c(c1)CCO2)c1ncc[nH]1. The molecule has 2 heterocycles. The minimum Gasteiger partial charge on any atom is -0.493 e. The first-order chi connectivity index (χ1) is 10.4. The third-order valence-electron chi connectivity index (χ3n) is 3.97. The summed E-state index contributed by atoms with van der Waals surface area (Å²) >= 11 is 0. The number of aryl methyl sites for hydroxylation is 1. The maximum Gasteiger partial charge on any atom is 0.123 e. The lowest BCUT2D eigenvalue weighted by atomic mass is 10.0. The Bertz CT molecular complexity index is 565. The van der Waals surface area contributed by atoms with Gasteiger partial charge in [-0.3, -0.25) is 0 Å². The Morgan fingerprint density at radius 1 is 1.43 bits per heavy atom. The third-order valence-corrected chi connectivity index (χ3v) is 3.97. The molecule has 0 saturated heterocycles. The monoisotopic (exact) mass is 285 g/mol. The second kappa shape index (κ2) is 6.76. The van der Waals surface area contributed by atoms with E-state index >= 15 is 0 Å². The molecule has 4 nitrogen and oxygen atoms in total. The normalized spacial score (nSPS) is 14.7. The van der Waals surface area contributed by atoms with E-state index in [0.717, 1.165) is 50.4 Å². The van der Waals surface area contributed by atoms with Gasteiger partial charge in [0.1, 0.15) is 11.6 Å². The molecule has 1 unspecified atom stereocenters. The Balaban J connectivity index is 1.63. The maximum atomic E-state index is 5.56. The predicted molar refractivity (Wildman–Crippen MR) is 83.6 cm³/mol. The Hall–Kier alpha value is -1.81. The number of nitrogens with one attached hydrogen (secondary N) is 2. The quantitative estimate of drug-likeness (QED) is 0.822. The van der Waals surface area contributed by atoms with Crippen molar-refractivity contribution in [3.05, 3.63) is 47.5 Å². The first kappa shape index (κ1) is 14.1. The molecule has 4 heteroatoms. The zero-order valence-electron chi connectivity index (χ0n) is 12.6. The smallest absolute Gasteiger partial charge is 0.123 e. The summed E-state index contributed by atoms with van der Waals surface area (Å²) in [6.07, 6.45) is 7.99. The Kier molecular flexibility index (Phi) is 4.55. The number of rotatable bonds is 7. The van der Waals surface area contributed by atoms with Crippen LogP contribution in [-0.4, -0.2) is 23.1 Å². The van der Waals surface area contributed by atoms with Gasteiger partial charge in [-0.25, -0.2) is 4.98 Å². The van der Waals surface area contributed by atoms with Crippen molar-refractivity contribution in [1.82, 2.24) is 15.3 Å². The van der Waals surface area contributed by atoms with Crippen molar-refractivity contribution in [2.75, 3.05) is 13.2 Å². The Morgan fingerprint density at radius 2 is 2.38 bits per heavy atom. The number of aromatic nitrogens is 2. The van der Waals surface area contributed by atoms with Gasteiger partial charge in [-0.05, 0) is 43.0 Å². The summed E-state index contributed by atoms with van der Waals surface area (Å²) in [7, 11) is 0. The van der Waals surface area contributed by atoms with Gasteiger partial charge in [0.05, 0.1) is 12.6 Å². The van der Waals surface area contributed by atoms with E-state index < -0.39 is 0 Å². The fourth-order valence-electron chi connectivity index (χ4n) is 2.83. The molecule has 3 rings (SSSR count). The second-order valence-electron chi connectivity index (χ2n) is 5.56. The van der Waals surface area contributed by atoms with E-state index in [1.54, 1.807) is 0 Å². The van der Waals surface area contributed by atoms with Crippen LogP contribution in [0.5, 0.6) is 5.75 Å². The topological polar surface area (TPSA) is 49.9 Å². The molecule has 1 aliphatic rings. The molecule has 1 aliphatic heterocycles. The molecule has 0 aliphatic carbocycles. The molecule has 1 aromatic heterocycles. The molecular weight excluding hydrogens is 262 g/mol. The zero-order valence-corrected chi connectivity index (χ0v) is 12.6. The fourth-order valence-corrected chi connectivity index (χ4v) is 2.83. The first-order valence-corrected chi connectivity index (χ1v) is 7.84. The molecule has 0 radical (unpaired) electrons. The van der Waals surface area contributed by atoms with Crippen molar-refractivity contribution in [2.45, 2.75) is 38.6 Å². The molecule has 2 N–H and O–H groups in total. The molecule has 1 atom stereocenters. The van der Waals surface area contributed by atoms with Gasteiger partial charge >= 0.3 is 0 Å². The number of benzene rings is 1. The van der Waals surface area contributed by atoms with Crippen LogP contribution in [0.15, 0.2) is 30.6 Å². The van der Waals surface area contributed by atoms with Crippen molar-refractivity contribution >= 4 is 0 Å². The van der Waals surface area contributed by atoms with Crippen LogP contribution in [0, 0.1) is 0 Å².